The second kappa shape index (κ2) is 14.5. The zero-order chi connectivity index (χ0) is 31.8. The molecule has 4 rings (SSSR count). The maximum atomic E-state index is 13.2. The van der Waals surface area contributed by atoms with Gasteiger partial charge in [0.15, 0.2) is 0 Å². The molecule has 17 heteroatoms. The number of likely N-dealkylation sites (N-methyl/N-ethyl adjacent to an activating group) is 1. The van der Waals surface area contributed by atoms with Gasteiger partial charge in [0, 0.05) is 51.7 Å². The van der Waals surface area contributed by atoms with Crippen molar-refractivity contribution in [1.82, 2.24) is 25.2 Å². The van der Waals surface area contributed by atoms with E-state index in [-0.39, 0.29) is 30.0 Å². The number of aromatic nitrogens is 3. The number of hydrogen-bond donors (Lipinski definition) is 4. The van der Waals surface area contributed by atoms with Crippen molar-refractivity contribution in [2.45, 2.75) is 50.6 Å². The van der Waals surface area contributed by atoms with Crippen LogP contribution >= 0.6 is 0 Å². The van der Waals surface area contributed by atoms with Gasteiger partial charge in [0.05, 0.1) is 5.56 Å². The van der Waals surface area contributed by atoms with Gasteiger partial charge in [-0.05, 0) is 44.4 Å². The Kier molecular flexibility index (Phi) is 11.4. The third-order valence-corrected chi connectivity index (χ3v) is 7.08. The van der Waals surface area contributed by atoms with Gasteiger partial charge in [0.1, 0.15) is 0 Å². The third kappa shape index (κ3) is 10.1. The van der Waals surface area contributed by atoms with Crippen molar-refractivity contribution in [3.8, 4) is 0 Å². The van der Waals surface area contributed by atoms with E-state index in [0.717, 1.165) is 45.1 Å². The van der Waals surface area contributed by atoms with Crippen molar-refractivity contribution < 1.29 is 41.0 Å². The monoisotopic (exact) mass is 620 g/mol. The average molecular weight is 621 g/mol. The molecule has 1 aliphatic heterocycles. The third-order valence-electron chi connectivity index (χ3n) is 7.08. The number of carboxylic acid groups (broad SMARTS) is 1. The second-order valence-corrected chi connectivity index (χ2v) is 10.2. The zero-order valence-electron chi connectivity index (χ0n) is 23.6. The summed E-state index contributed by atoms with van der Waals surface area (Å²) >= 11 is 0. The van der Waals surface area contributed by atoms with Crippen LogP contribution in [0.15, 0.2) is 24.3 Å². The first-order valence-electron chi connectivity index (χ1n) is 13.5. The molecule has 2 heterocycles. The van der Waals surface area contributed by atoms with Gasteiger partial charge in [-0.3, -0.25) is 4.79 Å². The molecular weight excluding hydrogens is 586 g/mol. The van der Waals surface area contributed by atoms with Crippen molar-refractivity contribution in [2.75, 3.05) is 55.8 Å². The van der Waals surface area contributed by atoms with Crippen molar-refractivity contribution in [3.63, 3.8) is 0 Å². The van der Waals surface area contributed by atoms with Crippen molar-refractivity contribution in [2.24, 2.45) is 5.92 Å². The Morgan fingerprint density at radius 3 is 2.07 bits per heavy atom. The van der Waals surface area contributed by atoms with Gasteiger partial charge < -0.3 is 30.9 Å². The Balaban J connectivity index is 0.000000646. The van der Waals surface area contributed by atoms with Crippen LogP contribution in [0.2, 0.25) is 0 Å². The number of amides is 1. The van der Waals surface area contributed by atoms with Crippen LogP contribution in [0.4, 0.5) is 44.2 Å². The van der Waals surface area contributed by atoms with Gasteiger partial charge in [-0.1, -0.05) is 18.2 Å². The number of carbonyl (C=O) groups excluding carboxylic acids is 1. The number of carbonyl (C=O) groups is 2. The predicted octanol–water partition coefficient (Wildman–Crippen LogP) is 3.60. The van der Waals surface area contributed by atoms with Crippen LogP contribution in [0.5, 0.6) is 0 Å². The molecule has 4 N–H and O–H groups in total. The quantitative estimate of drug-likeness (QED) is 0.340. The standard InChI is InChI=1S/C24H33F3N8O.C2HF3O2/c1-28-21-31-22(33-23(32-21)35-13-11-34(2)12-14-35)30-18-9-7-16(8-10-18)20(36)29-15-17-5-3-4-6-19(17)24(25,26)27;3-2(4,5)1(6)7/h3-6,16,18H,7-15H2,1-2H3,(H,29,36)(H2,28,30,31,32,33);(H,6,7)/t16-,18-;. The summed E-state index contributed by atoms with van der Waals surface area (Å²) < 4.78 is 71.3. The lowest BCUT2D eigenvalue weighted by Crippen LogP contribution is -2.45. The van der Waals surface area contributed by atoms with E-state index in [4.69, 9.17) is 9.90 Å². The second-order valence-electron chi connectivity index (χ2n) is 10.2. The first kappa shape index (κ1) is 33.6. The number of rotatable bonds is 7. The summed E-state index contributed by atoms with van der Waals surface area (Å²) in [4.78, 5) is 39.6. The largest absolute Gasteiger partial charge is 0.490 e. The van der Waals surface area contributed by atoms with Crippen molar-refractivity contribution >= 4 is 29.7 Å². The number of nitrogens with zero attached hydrogens (tertiary/aromatic N) is 5. The van der Waals surface area contributed by atoms with E-state index >= 15 is 0 Å². The van der Waals surface area contributed by atoms with E-state index in [2.05, 4.69) is 47.7 Å². The summed E-state index contributed by atoms with van der Waals surface area (Å²) in [5.41, 5.74) is -0.646. The molecule has 2 aromatic rings. The molecule has 1 aromatic heterocycles. The minimum Gasteiger partial charge on any atom is -0.475 e. The number of nitrogens with one attached hydrogen (secondary N) is 3. The van der Waals surface area contributed by atoms with E-state index in [9.17, 15) is 31.1 Å². The Bertz CT molecular complexity index is 1230. The molecule has 0 unspecified atom stereocenters. The first-order valence-corrected chi connectivity index (χ1v) is 13.5. The summed E-state index contributed by atoms with van der Waals surface area (Å²) in [5, 5.41) is 16.2. The minimum atomic E-state index is -5.08. The zero-order valence-corrected chi connectivity index (χ0v) is 23.6. The summed E-state index contributed by atoms with van der Waals surface area (Å²) in [5.74, 6) is -1.56. The molecule has 238 valence electrons. The molecule has 0 radical (unpaired) electrons. The highest BCUT2D eigenvalue weighted by atomic mass is 19.4. The number of halogens is 6. The van der Waals surface area contributed by atoms with Crippen LogP contribution in [-0.2, 0) is 22.3 Å². The molecule has 0 atom stereocenters. The highest BCUT2D eigenvalue weighted by molar-refractivity contribution is 5.78. The molecule has 1 aromatic carbocycles. The fourth-order valence-corrected chi connectivity index (χ4v) is 4.65. The van der Waals surface area contributed by atoms with Gasteiger partial charge in [0.25, 0.3) is 0 Å². The van der Waals surface area contributed by atoms with Crippen LogP contribution in [-0.4, -0.2) is 89.3 Å². The summed E-state index contributed by atoms with van der Waals surface area (Å²) in [6.45, 7) is 3.43. The summed E-state index contributed by atoms with van der Waals surface area (Å²) in [6.07, 6.45) is -6.78. The number of carboxylic acids is 1. The molecule has 11 nitrogen and oxygen atoms in total. The lowest BCUT2D eigenvalue weighted by molar-refractivity contribution is -0.192. The molecule has 0 bridgehead atoms. The SMILES string of the molecule is CNc1nc(N[C@H]2CC[C@H](C(=O)NCc3ccccc3C(F)(F)F)CC2)nc(N2CCN(C)CC2)n1.O=C(O)C(F)(F)F. The first-order chi connectivity index (χ1) is 20.2. The number of hydrogen-bond acceptors (Lipinski definition) is 9. The Hall–Kier alpha value is -3.89. The van der Waals surface area contributed by atoms with Gasteiger partial charge in [-0.15, -0.1) is 0 Å². The Morgan fingerprint density at radius 1 is 0.930 bits per heavy atom. The van der Waals surface area contributed by atoms with E-state index in [1.54, 1.807) is 13.1 Å². The van der Waals surface area contributed by atoms with Crippen molar-refractivity contribution in [1.29, 1.82) is 0 Å². The number of anilines is 3. The molecule has 1 aliphatic carbocycles. The molecule has 1 saturated heterocycles. The molecule has 2 fully saturated rings. The summed E-state index contributed by atoms with van der Waals surface area (Å²) in [7, 11) is 3.86. The Morgan fingerprint density at radius 2 is 1.51 bits per heavy atom. The van der Waals surface area contributed by atoms with E-state index in [1.165, 1.54) is 12.1 Å². The molecule has 43 heavy (non-hydrogen) atoms. The molecule has 1 saturated carbocycles. The lowest BCUT2D eigenvalue weighted by atomic mass is 9.85. The highest BCUT2D eigenvalue weighted by Crippen LogP contribution is 2.32. The Labute approximate surface area is 244 Å². The van der Waals surface area contributed by atoms with Crippen LogP contribution in [0, 0.1) is 5.92 Å². The maximum absolute atomic E-state index is 13.2. The average Bonchev–Trinajstić information content (AvgIpc) is 2.96. The maximum Gasteiger partial charge on any atom is 0.490 e. The van der Waals surface area contributed by atoms with E-state index in [1.807, 2.05) is 0 Å². The minimum absolute atomic E-state index is 0.0695. The van der Waals surface area contributed by atoms with Crippen LogP contribution in [0.3, 0.4) is 0 Å². The van der Waals surface area contributed by atoms with Gasteiger partial charge in [0.2, 0.25) is 23.8 Å². The number of alkyl halides is 6. The number of benzene rings is 1. The predicted molar refractivity (Wildman–Crippen MR) is 145 cm³/mol. The van der Waals surface area contributed by atoms with Crippen LogP contribution in [0.25, 0.3) is 0 Å². The smallest absolute Gasteiger partial charge is 0.475 e. The highest BCUT2D eigenvalue weighted by Gasteiger charge is 2.38. The van der Waals surface area contributed by atoms with Gasteiger partial charge in [-0.25, -0.2) is 4.79 Å². The summed E-state index contributed by atoms with van der Waals surface area (Å²) in [6, 6.07) is 5.43. The van der Waals surface area contributed by atoms with E-state index < -0.39 is 23.9 Å². The van der Waals surface area contributed by atoms with Gasteiger partial charge in [-0.2, -0.15) is 41.3 Å². The fraction of sp³-hybridized carbons (Fsp3) is 0.577. The lowest BCUT2D eigenvalue weighted by Gasteiger charge is -2.33. The van der Waals surface area contributed by atoms with Gasteiger partial charge >= 0.3 is 18.3 Å². The topological polar surface area (TPSA) is 136 Å². The molecular formula is C26H34F6N8O3. The fourth-order valence-electron chi connectivity index (χ4n) is 4.65. The van der Waals surface area contributed by atoms with E-state index in [0.29, 0.717) is 30.7 Å². The number of piperazine rings is 1. The molecule has 1 amide bonds. The van der Waals surface area contributed by atoms with Crippen molar-refractivity contribution in [3.05, 3.63) is 35.4 Å². The van der Waals surface area contributed by atoms with Crippen LogP contribution < -0.4 is 20.9 Å². The normalized spacial score (nSPS) is 19.6. The molecule has 2 aliphatic rings. The molecule has 0 spiro atoms. The number of aliphatic carboxylic acids is 1. The van der Waals surface area contributed by atoms with Crippen LogP contribution in [0.1, 0.15) is 36.8 Å².